The summed E-state index contributed by atoms with van der Waals surface area (Å²) in [4.78, 5) is 3.33. The van der Waals surface area contributed by atoms with Gasteiger partial charge in [-0.1, -0.05) is 6.07 Å². The van der Waals surface area contributed by atoms with E-state index < -0.39 is 6.10 Å². The van der Waals surface area contributed by atoms with Crippen LogP contribution in [0.25, 0.3) is 0 Å². The predicted molar refractivity (Wildman–Crippen MR) is 90.3 cm³/mol. The molecule has 5 heteroatoms. The summed E-state index contributed by atoms with van der Waals surface area (Å²) in [5.41, 5.74) is 0. The zero-order valence-electron chi connectivity index (χ0n) is 13.0. The smallest absolute Gasteiger partial charge is 0.123 e. The van der Waals surface area contributed by atoms with Crippen LogP contribution in [-0.4, -0.2) is 36.2 Å². The lowest BCUT2D eigenvalue weighted by molar-refractivity contribution is 0.0730. The molecule has 23 heavy (non-hydrogen) atoms. The molecule has 124 valence electrons. The lowest BCUT2D eigenvalue weighted by Crippen LogP contribution is -2.39. The molecule has 0 amide bonds. The van der Waals surface area contributed by atoms with E-state index in [0.717, 1.165) is 30.8 Å². The molecular weight excluding hydrogens is 313 g/mol. The van der Waals surface area contributed by atoms with Gasteiger partial charge in [0.1, 0.15) is 17.7 Å². The van der Waals surface area contributed by atoms with Crippen molar-refractivity contribution in [2.24, 2.45) is 5.92 Å². The molecular formula is C18H22FNO2S. The number of ether oxygens (including phenoxy) is 1. The molecule has 1 aliphatic rings. The van der Waals surface area contributed by atoms with E-state index in [1.807, 2.05) is 17.5 Å². The van der Waals surface area contributed by atoms with Gasteiger partial charge in [-0.15, -0.1) is 11.3 Å². The van der Waals surface area contributed by atoms with Crippen molar-refractivity contribution in [1.29, 1.82) is 0 Å². The van der Waals surface area contributed by atoms with E-state index in [-0.39, 0.29) is 5.82 Å². The normalized spacial score (nSPS) is 20.3. The highest BCUT2D eigenvalue weighted by molar-refractivity contribution is 7.10. The van der Waals surface area contributed by atoms with Crippen LogP contribution in [0.4, 0.5) is 4.39 Å². The number of halogens is 1. The maximum atomic E-state index is 12.9. The number of aliphatic hydroxyl groups is 1. The van der Waals surface area contributed by atoms with Gasteiger partial charge in [0.25, 0.3) is 0 Å². The number of piperidine rings is 1. The molecule has 2 atom stereocenters. The zero-order valence-corrected chi connectivity index (χ0v) is 13.8. The number of hydrogen-bond donors (Lipinski definition) is 1. The Morgan fingerprint density at radius 3 is 2.87 bits per heavy atom. The van der Waals surface area contributed by atoms with Crippen molar-refractivity contribution >= 4 is 11.3 Å². The summed E-state index contributed by atoms with van der Waals surface area (Å²) >= 11 is 1.60. The SMILES string of the molecule is O[C@@H](CN1CCC[C@@H](COc2ccc(F)cc2)C1)c1cccs1. The lowest BCUT2D eigenvalue weighted by Gasteiger charge is -2.33. The first-order valence-electron chi connectivity index (χ1n) is 8.03. The number of aliphatic hydroxyl groups excluding tert-OH is 1. The van der Waals surface area contributed by atoms with Crippen molar-refractivity contribution in [3.8, 4) is 5.75 Å². The van der Waals surface area contributed by atoms with Crippen LogP contribution < -0.4 is 4.74 Å². The number of hydrogen-bond acceptors (Lipinski definition) is 4. The third-order valence-corrected chi connectivity index (χ3v) is 5.18. The minimum absolute atomic E-state index is 0.247. The second-order valence-corrected chi connectivity index (χ2v) is 7.04. The maximum Gasteiger partial charge on any atom is 0.123 e. The number of β-amino-alcohol motifs (C(OH)–C–C–N with tert-alkyl or cyclic N) is 1. The average Bonchev–Trinajstić information content (AvgIpc) is 3.09. The second kappa shape index (κ2) is 7.90. The minimum Gasteiger partial charge on any atom is -0.493 e. The van der Waals surface area contributed by atoms with Crippen LogP contribution >= 0.6 is 11.3 Å². The molecule has 0 aliphatic carbocycles. The fourth-order valence-corrected chi connectivity index (χ4v) is 3.72. The molecule has 3 rings (SSSR count). The van der Waals surface area contributed by atoms with E-state index in [1.54, 1.807) is 23.5 Å². The fraction of sp³-hybridized carbons (Fsp3) is 0.444. The molecule has 2 heterocycles. The van der Waals surface area contributed by atoms with Gasteiger partial charge in [0.05, 0.1) is 6.61 Å². The van der Waals surface area contributed by atoms with E-state index in [1.165, 1.54) is 12.1 Å². The minimum atomic E-state index is -0.410. The van der Waals surface area contributed by atoms with E-state index in [2.05, 4.69) is 4.90 Å². The summed E-state index contributed by atoms with van der Waals surface area (Å²) in [6.07, 6.45) is 1.84. The molecule has 0 radical (unpaired) electrons. The van der Waals surface area contributed by atoms with Crippen molar-refractivity contribution < 1.29 is 14.2 Å². The van der Waals surface area contributed by atoms with Crippen molar-refractivity contribution in [2.75, 3.05) is 26.2 Å². The number of rotatable bonds is 6. The van der Waals surface area contributed by atoms with Crippen LogP contribution in [0.5, 0.6) is 5.75 Å². The van der Waals surface area contributed by atoms with Gasteiger partial charge in [-0.2, -0.15) is 0 Å². The Bertz CT molecular complexity index is 588. The Kier molecular flexibility index (Phi) is 5.65. The molecule has 0 spiro atoms. The Hall–Kier alpha value is -1.43. The van der Waals surface area contributed by atoms with Gasteiger partial charge in [-0.05, 0) is 55.1 Å². The lowest BCUT2D eigenvalue weighted by atomic mass is 9.98. The Morgan fingerprint density at radius 1 is 1.30 bits per heavy atom. The monoisotopic (exact) mass is 335 g/mol. The van der Waals surface area contributed by atoms with Crippen LogP contribution in [0.3, 0.4) is 0 Å². The van der Waals surface area contributed by atoms with Gasteiger partial charge in [0.2, 0.25) is 0 Å². The first-order valence-corrected chi connectivity index (χ1v) is 8.91. The zero-order chi connectivity index (χ0) is 16.1. The van der Waals surface area contributed by atoms with Gasteiger partial charge in [0.15, 0.2) is 0 Å². The highest BCUT2D eigenvalue weighted by Gasteiger charge is 2.23. The Balaban J connectivity index is 1.47. The first-order chi connectivity index (χ1) is 11.2. The van der Waals surface area contributed by atoms with Gasteiger partial charge in [-0.3, -0.25) is 4.90 Å². The van der Waals surface area contributed by atoms with Crippen molar-refractivity contribution in [3.05, 3.63) is 52.5 Å². The number of nitrogens with zero attached hydrogens (tertiary/aromatic N) is 1. The summed E-state index contributed by atoms with van der Waals surface area (Å²) in [6, 6.07) is 10.1. The molecule has 1 aromatic heterocycles. The molecule has 1 fully saturated rings. The standard InChI is InChI=1S/C18H22FNO2S/c19-15-5-7-16(8-6-15)22-13-14-3-1-9-20(11-14)12-17(21)18-4-2-10-23-18/h2,4-8,10,14,17,21H,1,3,9,11-13H2/t14-,17+/m1/s1. The predicted octanol–water partition coefficient (Wildman–Crippen LogP) is 3.71. The summed E-state index contributed by atoms with van der Waals surface area (Å²) in [5.74, 6) is 0.912. The summed E-state index contributed by atoms with van der Waals surface area (Å²) < 4.78 is 18.7. The van der Waals surface area contributed by atoms with Crippen molar-refractivity contribution in [2.45, 2.75) is 18.9 Å². The Labute approximate surface area is 140 Å². The highest BCUT2D eigenvalue weighted by Crippen LogP contribution is 2.24. The molecule has 3 nitrogen and oxygen atoms in total. The molecule has 0 saturated carbocycles. The largest absolute Gasteiger partial charge is 0.493 e. The molecule has 0 bridgehead atoms. The number of thiophene rings is 1. The van der Waals surface area contributed by atoms with Crippen molar-refractivity contribution in [3.63, 3.8) is 0 Å². The molecule has 0 unspecified atom stereocenters. The van der Waals surface area contributed by atoms with Gasteiger partial charge >= 0.3 is 0 Å². The Morgan fingerprint density at radius 2 is 2.13 bits per heavy atom. The quantitative estimate of drug-likeness (QED) is 0.873. The molecule has 2 aromatic rings. The van der Waals surface area contributed by atoms with E-state index in [9.17, 15) is 9.50 Å². The molecule has 1 N–H and O–H groups in total. The summed E-state index contributed by atoms with van der Waals surface area (Å²) in [6.45, 7) is 3.27. The second-order valence-electron chi connectivity index (χ2n) is 6.06. The topological polar surface area (TPSA) is 32.7 Å². The van der Waals surface area contributed by atoms with Gasteiger partial charge in [-0.25, -0.2) is 4.39 Å². The van der Waals surface area contributed by atoms with Crippen LogP contribution in [0.15, 0.2) is 41.8 Å². The summed E-state index contributed by atoms with van der Waals surface area (Å²) in [5, 5.41) is 12.3. The maximum absolute atomic E-state index is 12.9. The van der Waals surface area contributed by atoms with Crippen LogP contribution in [0, 0.1) is 11.7 Å². The average molecular weight is 335 g/mol. The number of benzene rings is 1. The van der Waals surface area contributed by atoms with E-state index in [4.69, 9.17) is 4.74 Å². The number of likely N-dealkylation sites (tertiary alicyclic amines) is 1. The van der Waals surface area contributed by atoms with Gasteiger partial charge in [0, 0.05) is 23.9 Å². The van der Waals surface area contributed by atoms with E-state index in [0.29, 0.717) is 24.8 Å². The summed E-state index contributed by atoms with van der Waals surface area (Å²) in [7, 11) is 0. The molecule has 1 aromatic carbocycles. The van der Waals surface area contributed by atoms with Crippen LogP contribution in [-0.2, 0) is 0 Å². The molecule has 1 aliphatic heterocycles. The highest BCUT2D eigenvalue weighted by atomic mass is 32.1. The van der Waals surface area contributed by atoms with Gasteiger partial charge < -0.3 is 9.84 Å². The third-order valence-electron chi connectivity index (χ3n) is 4.21. The van der Waals surface area contributed by atoms with E-state index >= 15 is 0 Å². The van der Waals surface area contributed by atoms with Crippen LogP contribution in [0.2, 0.25) is 0 Å². The van der Waals surface area contributed by atoms with Crippen LogP contribution in [0.1, 0.15) is 23.8 Å². The fourth-order valence-electron chi connectivity index (χ4n) is 3.01. The van der Waals surface area contributed by atoms with Crippen molar-refractivity contribution in [1.82, 2.24) is 4.90 Å². The third kappa shape index (κ3) is 4.77. The first kappa shape index (κ1) is 16.4. The molecule has 1 saturated heterocycles.